The van der Waals surface area contributed by atoms with E-state index in [4.69, 9.17) is 23.2 Å². The lowest BCUT2D eigenvalue weighted by Gasteiger charge is -2.44. The van der Waals surface area contributed by atoms with Gasteiger partial charge in [-0.2, -0.15) is 0 Å². The number of rotatable bonds is 4. The van der Waals surface area contributed by atoms with Gasteiger partial charge in [-0.25, -0.2) is 0 Å². The highest BCUT2D eigenvalue weighted by molar-refractivity contribution is 6.36. The first kappa shape index (κ1) is 23.0. The van der Waals surface area contributed by atoms with E-state index in [1.54, 1.807) is 0 Å². The summed E-state index contributed by atoms with van der Waals surface area (Å²) < 4.78 is 0. The number of piperazine rings is 1. The van der Waals surface area contributed by atoms with Gasteiger partial charge in [-0.1, -0.05) is 60.7 Å². The van der Waals surface area contributed by atoms with Crippen molar-refractivity contribution < 1.29 is 4.79 Å². The van der Waals surface area contributed by atoms with Crippen molar-refractivity contribution in [1.82, 2.24) is 4.90 Å². The molecule has 5 rings (SSSR count). The maximum absolute atomic E-state index is 13.7. The van der Waals surface area contributed by atoms with E-state index in [0.717, 1.165) is 69.8 Å². The highest BCUT2D eigenvalue weighted by Gasteiger charge is 2.36. The number of benzene rings is 2. The molecule has 2 heterocycles. The molecule has 1 atom stereocenters. The molecule has 1 amide bonds. The third-order valence-electron chi connectivity index (χ3n) is 7.65. The lowest BCUT2D eigenvalue weighted by molar-refractivity contribution is -0.124. The first-order valence-electron chi connectivity index (χ1n) is 12.4. The summed E-state index contributed by atoms with van der Waals surface area (Å²) in [5.41, 5.74) is 3.53. The van der Waals surface area contributed by atoms with Gasteiger partial charge in [0, 0.05) is 55.4 Å². The highest BCUT2D eigenvalue weighted by atomic mass is 35.5. The van der Waals surface area contributed by atoms with E-state index in [2.05, 4.69) is 39.0 Å². The number of aryl methyl sites for hydroxylation is 1. The van der Waals surface area contributed by atoms with Crippen LogP contribution in [-0.4, -0.2) is 49.6 Å². The molecule has 4 nitrogen and oxygen atoms in total. The summed E-state index contributed by atoms with van der Waals surface area (Å²) in [5.74, 6) is 0.551. The van der Waals surface area contributed by atoms with Crippen LogP contribution in [0.2, 0.25) is 10.0 Å². The number of carbonyl (C=O) groups excluding carboxylic acids is 1. The number of para-hydroxylation sites is 1. The van der Waals surface area contributed by atoms with Gasteiger partial charge in [0.15, 0.2) is 0 Å². The van der Waals surface area contributed by atoms with Crippen LogP contribution in [0.1, 0.15) is 44.1 Å². The highest BCUT2D eigenvalue weighted by Crippen LogP contribution is 2.35. The van der Waals surface area contributed by atoms with Crippen molar-refractivity contribution in [3.8, 4) is 0 Å². The van der Waals surface area contributed by atoms with Crippen molar-refractivity contribution in [3.05, 3.63) is 58.1 Å². The standard InChI is InChI=1S/C27H33Cl2N3O/c28-22-11-13-26(24(29)18-22)31-16-14-30(15-17-31)19-23-12-10-20-6-4-5-9-25(20)32(23)27(33)21-7-2-1-3-8-21/h4-6,9,11,13,18,21,23H,1-3,7-8,10,12,14-17,19H2. The van der Waals surface area contributed by atoms with E-state index < -0.39 is 0 Å². The number of amides is 1. The van der Waals surface area contributed by atoms with Gasteiger partial charge in [-0.15, -0.1) is 0 Å². The fraction of sp³-hybridized carbons (Fsp3) is 0.519. The topological polar surface area (TPSA) is 26.8 Å². The largest absolute Gasteiger partial charge is 0.368 e. The summed E-state index contributed by atoms with van der Waals surface area (Å²) >= 11 is 12.5. The molecule has 0 aromatic heterocycles. The van der Waals surface area contributed by atoms with Gasteiger partial charge < -0.3 is 9.80 Å². The molecule has 0 spiro atoms. The third kappa shape index (κ3) is 5.03. The quantitative estimate of drug-likeness (QED) is 0.527. The summed E-state index contributed by atoms with van der Waals surface area (Å²) in [5, 5.41) is 1.38. The zero-order chi connectivity index (χ0) is 22.8. The Morgan fingerprint density at radius 3 is 2.39 bits per heavy atom. The van der Waals surface area contributed by atoms with Crippen LogP contribution in [0.5, 0.6) is 0 Å². The maximum atomic E-state index is 13.7. The van der Waals surface area contributed by atoms with Crippen molar-refractivity contribution in [2.45, 2.75) is 51.0 Å². The van der Waals surface area contributed by atoms with E-state index in [9.17, 15) is 4.79 Å². The predicted octanol–water partition coefficient (Wildman–Crippen LogP) is 6.04. The van der Waals surface area contributed by atoms with E-state index >= 15 is 0 Å². The third-order valence-corrected chi connectivity index (χ3v) is 8.18. The van der Waals surface area contributed by atoms with Crippen molar-refractivity contribution in [1.29, 1.82) is 0 Å². The Labute approximate surface area is 207 Å². The van der Waals surface area contributed by atoms with E-state index in [1.165, 1.54) is 24.8 Å². The Hall–Kier alpha value is -1.75. The SMILES string of the molecule is O=C(C1CCCCC1)N1c2ccccc2CCC1CN1CCN(c2ccc(Cl)cc2Cl)CC1. The smallest absolute Gasteiger partial charge is 0.230 e. The van der Waals surface area contributed by atoms with Gasteiger partial charge in [-0.3, -0.25) is 9.69 Å². The number of nitrogens with zero attached hydrogens (tertiary/aromatic N) is 3. The number of halogens is 2. The average molecular weight is 486 g/mol. The zero-order valence-electron chi connectivity index (χ0n) is 19.2. The lowest BCUT2D eigenvalue weighted by atomic mass is 9.86. The second-order valence-electron chi connectivity index (χ2n) is 9.75. The first-order valence-corrected chi connectivity index (χ1v) is 13.2. The number of carbonyl (C=O) groups is 1. The molecule has 0 bridgehead atoms. The minimum Gasteiger partial charge on any atom is -0.368 e. The first-order chi connectivity index (χ1) is 16.1. The van der Waals surface area contributed by atoms with Crippen LogP contribution >= 0.6 is 23.2 Å². The molecule has 2 aliphatic heterocycles. The summed E-state index contributed by atoms with van der Waals surface area (Å²) in [4.78, 5) is 20.8. The molecule has 176 valence electrons. The van der Waals surface area contributed by atoms with Crippen LogP contribution in [-0.2, 0) is 11.2 Å². The van der Waals surface area contributed by atoms with Gasteiger partial charge in [0.2, 0.25) is 5.91 Å². The molecule has 1 unspecified atom stereocenters. The van der Waals surface area contributed by atoms with Crippen LogP contribution in [0.4, 0.5) is 11.4 Å². The summed E-state index contributed by atoms with van der Waals surface area (Å²) in [6.07, 6.45) is 7.83. The van der Waals surface area contributed by atoms with Crippen molar-refractivity contribution >= 4 is 40.5 Å². The molecule has 0 radical (unpaired) electrons. The van der Waals surface area contributed by atoms with Crippen molar-refractivity contribution in [2.24, 2.45) is 5.92 Å². The fourth-order valence-electron chi connectivity index (χ4n) is 5.83. The van der Waals surface area contributed by atoms with Crippen LogP contribution in [0.15, 0.2) is 42.5 Å². The average Bonchev–Trinajstić information content (AvgIpc) is 2.85. The molecular formula is C27H33Cl2N3O. The Morgan fingerprint density at radius 1 is 0.879 bits per heavy atom. The second-order valence-corrected chi connectivity index (χ2v) is 10.6. The number of anilines is 2. The van der Waals surface area contributed by atoms with Crippen molar-refractivity contribution in [2.75, 3.05) is 42.5 Å². The molecule has 2 aromatic rings. The molecule has 33 heavy (non-hydrogen) atoms. The Morgan fingerprint density at radius 2 is 1.64 bits per heavy atom. The minimum absolute atomic E-state index is 0.191. The Kier molecular flexibility index (Phi) is 7.15. The van der Waals surface area contributed by atoms with Crippen LogP contribution in [0, 0.1) is 5.92 Å². The van der Waals surface area contributed by atoms with E-state index in [1.807, 2.05) is 18.2 Å². The van der Waals surface area contributed by atoms with Gasteiger partial charge in [-0.05, 0) is 55.5 Å². The van der Waals surface area contributed by atoms with Gasteiger partial charge >= 0.3 is 0 Å². The lowest BCUT2D eigenvalue weighted by Crippen LogP contribution is -2.55. The van der Waals surface area contributed by atoms with Gasteiger partial charge in [0.1, 0.15) is 0 Å². The Balaban J connectivity index is 1.28. The fourth-order valence-corrected chi connectivity index (χ4v) is 6.36. The minimum atomic E-state index is 0.191. The van der Waals surface area contributed by atoms with E-state index in [0.29, 0.717) is 16.0 Å². The van der Waals surface area contributed by atoms with Crippen molar-refractivity contribution in [3.63, 3.8) is 0 Å². The molecule has 1 saturated heterocycles. The molecule has 1 aliphatic carbocycles. The summed E-state index contributed by atoms with van der Waals surface area (Å²) in [6.45, 7) is 4.75. The number of hydrogen-bond acceptors (Lipinski definition) is 3. The molecular weight excluding hydrogens is 453 g/mol. The monoisotopic (exact) mass is 485 g/mol. The summed E-state index contributed by atoms with van der Waals surface area (Å²) in [7, 11) is 0. The summed E-state index contributed by atoms with van der Waals surface area (Å²) in [6, 6.07) is 14.5. The predicted molar refractivity (Wildman–Crippen MR) is 138 cm³/mol. The Bertz CT molecular complexity index is 983. The van der Waals surface area contributed by atoms with Crippen LogP contribution in [0.3, 0.4) is 0 Å². The number of fused-ring (bicyclic) bond motifs is 1. The molecule has 2 aromatic carbocycles. The van der Waals surface area contributed by atoms with Crippen LogP contribution < -0.4 is 9.80 Å². The number of hydrogen-bond donors (Lipinski definition) is 0. The van der Waals surface area contributed by atoms with Crippen LogP contribution in [0.25, 0.3) is 0 Å². The molecule has 2 fully saturated rings. The van der Waals surface area contributed by atoms with Gasteiger partial charge in [0.05, 0.1) is 10.7 Å². The van der Waals surface area contributed by atoms with Gasteiger partial charge in [0.25, 0.3) is 0 Å². The molecule has 6 heteroatoms. The second kappa shape index (κ2) is 10.2. The normalized spacial score (nSPS) is 22.3. The molecule has 1 saturated carbocycles. The zero-order valence-corrected chi connectivity index (χ0v) is 20.7. The maximum Gasteiger partial charge on any atom is 0.230 e. The van der Waals surface area contributed by atoms with E-state index in [-0.39, 0.29) is 12.0 Å². The molecule has 3 aliphatic rings. The molecule has 0 N–H and O–H groups in total.